The van der Waals surface area contributed by atoms with Gasteiger partial charge in [0.1, 0.15) is 5.82 Å². The molecule has 3 aromatic heterocycles. The van der Waals surface area contributed by atoms with Crippen LogP contribution in [0.25, 0.3) is 27.7 Å². The number of carbonyl (C=O) groups is 1. The Kier molecular flexibility index (Phi) is 7.29. The first-order valence-electron chi connectivity index (χ1n) is 15.0. The molecule has 45 heavy (non-hydrogen) atoms. The molecule has 1 N–H and O–H groups in total. The SMILES string of the molecule is CN(C)c1ccc(NC(=O)N2CCC[C@@H](c3nc(-c4cn(S(=O)(=O)c5ccccc5)c5ccccc45)c4ccccn34)C2)cc1. The molecule has 7 rings (SSSR count). The largest absolute Gasteiger partial charge is 0.378 e. The first kappa shape index (κ1) is 28.7. The van der Waals surface area contributed by atoms with Gasteiger partial charge in [0.05, 0.1) is 21.6 Å². The van der Waals surface area contributed by atoms with Gasteiger partial charge in [-0.05, 0) is 67.4 Å². The predicted octanol–water partition coefficient (Wildman–Crippen LogP) is 6.67. The zero-order valence-corrected chi connectivity index (χ0v) is 26.0. The molecular formula is C35H34N6O3S. The maximum absolute atomic E-state index is 13.8. The number of para-hydroxylation sites is 1. The molecule has 1 aliphatic rings. The van der Waals surface area contributed by atoms with Gasteiger partial charge in [-0.1, -0.05) is 42.5 Å². The highest BCUT2D eigenvalue weighted by atomic mass is 32.2. The van der Waals surface area contributed by atoms with E-state index in [0.29, 0.717) is 24.3 Å². The highest BCUT2D eigenvalue weighted by Gasteiger charge is 2.30. The summed E-state index contributed by atoms with van der Waals surface area (Å²) >= 11 is 0. The van der Waals surface area contributed by atoms with E-state index in [2.05, 4.69) is 9.72 Å². The minimum absolute atomic E-state index is 0.00525. The van der Waals surface area contributed by atoms with Gasteiger partial charge in [0.15, 0.2) is 0 Å². The number of nitrogens with zero attached hydrogens (tertiary/aromatic N) is 5. The number of imidazole rings is 1. The fraction of sp³-hybridized carbons (Fsp3) is 0.200. The number of pyridine rings is 1. The van der Waals surface area contributed by atoms with E-state index in [1.165, 1.54) is 3.97 Å². The number of piperidine rings is 1. The molecule has 9 nitrogen and oxygen atoms in total. The Balaban J connectivity index is 1.24. The van der Waals surface area contributed by atoms with Crippen molar-refractivity contribution in [2.75, 3.05) is 37.4 Å². The monoisotopic (exact) mass is 618 g/mol. The Morgan fingerprint density at radius 1 is 0.889 bits per heavy atom. The summed E-state index contributed by atoms with van der Waals surface area (Å²) < 4.78 is 31.0. The molecule has 4 heterocycles. The van der Waals surface area contributed by atoms with E-state index in [9.17, 15) is 13.2 Å². The van der Waals surface area contributed by atoms with Crippen molar-refractivity contribution in [3.8, 4) is 11.3 Å². The first-order chi connectivity index (χ1) is 21.8. The van der Waals surface area contributed by atoms with Gasteiger partial charge in [0.2, 0.25) is 0 Å². The molecule has 228 valence electrons. The number of anilines is 2. The van der Waals surface area contributed by atoms with Crippen molar-refractivity contribution < 1.29 is 13.2 Å². The van der Waals surface area contributed by atoms with Crippen LogP contribution in [0.15, 0.2) is 114 Å². The molecule has 0 saturated carbocycles. The Labute approximate surface area is 262 Å². The summed E-state index contributed by atoms with van der Waals surface area (Å²) in [5, 5.41) is 3.85. The molecule has 0 aliphatic carbocycles. The number of amides is 2. The van der Waals surface area contributed by atoms with Crippen LogP contribution in [0.5, 0.6) is 0 Å². The van der Waals surface area contributed by atoms with E-state index in [-0.39, 0.29) is 16.8 Å². The van der Waals surface area contributed by atoms with Gasteiger partial charge < -0.3 is 19.5 Å². The normalized spacial score (nSPS) is 15.4. The number of benzene rings is 3. The molecule has 0 bridgehead atoms. The zero-order valence-electron chi connectivity index (χ0n) is 25.2. The van der Waals surface area contributed by atoms with Crippen LogP contribution in [0.1, 0.15) is 24.6 Å². The quantitative estimate of drug-likeness (QED) is 0.225. The van der Waals surface area contributed by atoms with Crippen molar-refractivity contribution in [3.05, 3.63) is 115 Å². The Bertz CT molecular complexity index is 2120. The maximum atomic E-state index is 13.8. The summed E-state index contributed by atoms with van der Waals surface area (Å²) in [5.74, 6) is 0.863. The van der Waals surface area contributed by atoms with Gasteiger partial charge in [-0.3, -0.25) is 0 Å². The number of urea groups is 1. The third-order valence-corrected chi connectivity index (χ3v) is 10.2. The van der Waals surface area contributed by atoms with E-state index >= 15 is 0 Å². The fourth-order valence-corrected chi connectivity index (χ4v) is 7.60. The molecule has 0 spiro atoms. The maximum Gasteiger partial charge on any atom is 0.321 e. The minimum Gasteiger partial charge on any atom is -0.378 e. The second-order valence-corrected chi connectivity index (χ2v) is 13.4. The number of aromatic nitrogens is 3. The van der Waals surface area contributed by atoms with Gasteiger partial charge in [0.25, 0.3) is 10.0 Å². The number of hydrogen-bond donors (Lipinski definition) is 1. The topological polar surface area (TPSA) is 91.9 Å². The van der Waals surface area contributed by atoms with Crippen molar-refractivity contribution in [2.24, 2.45) is 0 Å². The van der Waals surface area contributed by atoms with Crippen molar-refractivity contribution in [1.82, 2.24) is 18.3 Å². The Morgan fingerprint density at radius 3 is 2.38 bits per heavy atom. The third-order valence-electron chi connectivity index (χ3n) is 8.52. The lowest BCUT2D eigenvalue weighted by molar-refractivity contribution is 0.191. The molecule has 3 aromatic carbocycles. The molecule has 10 heteroatoms. The molecule has 2 amide bonds. The number of likely N-dealkylation sites (tertiary alicyclic amines) is 1. The van der Waals surface area contributed by atoms with Crippen LogP contribution < -0.4 is 10.2 Å². The van der Waals surface area contributed by atoms with E-state index in [0.717, 1.165) is 46.5 Å². The van der Waals surface area contributed by atoms with E-state index in [1.54, 1.807) is 36.5 Å². The summed E-state index contributed by atoms with van der Waals surface area (Å²) in [6, 6.07) is 29.6. The van der Waals surface area contributed by atoms with Crippen LogP contribution in [0.4, 0.5) is 16.2 Å². The lowest BCUT2D eigenvalue weighted by Gasteiger charge is -2.32. The summed E-state index contributed by atoms with van der Waals surface area (Å²) in [7, 11) is 0.125. The lowest BCUT2D eigenvalue weighted by Crippen LogP contribution is -2.42. The van der Waals surface area contributed by atoms with Gasteiger partial charge >= 0.3 is 6.03 Å². The third kappa shape index (κ3) is 5.21. The fourth-order valence-electron chi connectivity index (χ4n) is 6.21. The molecule has 1 aliphatic heterocycles. The number of carbonyl (C=O) groups excluding carboxylic acids is 1. The summed E-state index contributed by atoms with van der Waals surface area (Å²) in [4.78, 5) is 22.6. The molecular weight excluding hydrogens is 584 g/mol. The van der Waals surface area contributed by atoms with Crippen LogP contribution in [-0.2, 0) is 10.0 Å². The van der Waals surface area contributed by atoms with Crippen LogP contribution in [0.3, 0.4) is 0 Å². The van der Waals surface area contributed by atoms with Gasteiger partial charge in [-0.25, -0.2) is 22.2 Å². The van der Waals surface area contributed by atoms with E-state index < -0.39 is 10.0 Å². The number of hydrogen-bond acceptors (Lipinski definition) is 5. The second-order valence-electron chi connectivity index (χ2n) is 11.6. The second kappa shape index (κ2) is 11.4. The average molecular weight is 619 g/mol. The minimum atomic E-state index is -3.84. The summed E-state index contributed by atoms with van der Waals surface area (Å²) in [5.41, 5.74) is 4.75. The van der Waals surface area contributed by atoms with Crippen LogP contribution in [-0.4, -0.2) is 59.9 Å². The van der Waals surface area contributed by atoms with Crippen molar-refractivity contribution in [1.29, 1.82) is 0 Å². The van der Waals surface area contributed by atoms with Crippen molar-refractivity contribution in [2.45, 2.75) is 23.7 Å². The summed E-state index contributed by atoms with van der Waals surface area (Å²) in [6.07, 6.45) is 5.42. The van der Waals surface area contributed by atoms with Gasteiger partial charge in [-0.2, -0.15) is 0 Å². The number of nitrogens with one attached hydrogen (secondary N) is 1. The van der Waals surface area contributed by atoms with Crippen LogP contribution in [0, 0.1) is 0 Å². The standard InChI is InChI=1S/C35H34N6O3S/c1-38(2)27-19-17-26(18-20-27)36-35(42)39-21-10-11-25(23-39)34-37-33(32-16-8-9-22-40(32)34)30-24-41(31-15-7-6-14-29(30)31)45(43,44)28-12-4-3-5-13-28/h3-9,12-20,22,24-25H,10-11,21,23H2,1-2H3,(H,36,42)/t25-/m1/s1. The highest BCUT2D eigenvalue weighted by molar-refractivity contribution is 7.90. The van der Waals surface area contributed by atoms with E-state index in [1.807, 2.05) is 96.8 Å². The predicted molar refractivity (Wildman–Crippen MR) is 178 cm³/mol. The van der Waals surface area contributed by atoms with Gasteiger partial charge in [-0.15, -0.1) is 0 Å². The molecule has 1 atom stereocenters. The molecule has 6 aromatic rings. The van der Waals surface area contributed by atoms with E-state index in [4.69, 9.17) is 4.98 Å². The lowest BCUT2D eigenvalue weighted by atomic mass is 9.97. The van der Waals surface area contributed by atoms with Crippen LogP contribution in [0.2, 0.25) is 0 Å². The van der Waals surface area contributed by atoms with Crippen molar-refractivity contribution in [3.63, 3.8) is 0 Å². The van der Waals surface area contributed by atoms with Crippen molar-refractivity contribution >= 4 is 43.8 Å². The Hall–Kier alpha value is -5.09. The highest BCUT2D eigenvalue weighted by Crippen LogP contribution is 2.37. The van der Waals surface area contributed by atoms with Gasteiger partial charge in [0, 0.05) is 67.8 Å². The average Bonchev–Trinajstić information content (AvgIpc) is 3.65. The zero-order chi connectivity index (χ0) is 31.1. The number of rotatable bonds is 6. The smallest absolute Gasteiger partial charge is 0.321 e. The molecule has 0 radical (unpaired) electrons. The molecule has 1 saturated heterocycles. The molecule has 1 fully saturated rings. The Morgan fingerprint density at radius 2 is 1.60 bits per heavy atom. The van der Waals surface area contributed by atoms with Crippen LogP contribution >= 0.6 is 0 Å². The first-order valence-corrected chi connectivity index (χ1v) is 16.5. The molecule has 0 unspecified atom stereocenters. The summed E-state index contributed by atoms with van der Waals surface area (Å²) in [6.45, 7) is 1.19. The number of fused-ring (bicyclic) bond motifs is 2.